The number of imidazole rings is 1. The molecule has 0 radical (unpaired) electrons. The third-order valence-electron chi connectivity index (χ3n) is 2.67. The number of hydrogen-bond acceptors (Lipinski definition) is 2. The van der Waals surface area contributed by atoms with E-state index < -0.39 is 0 Å². The number of hydrogen-bond donors (Lipinski definition) is 0. The number of rotatable bonds is 6. The van der Waals surface area contributed by atoms with Gasteiger partial charge in [-0.05, 0) is 24.6 Å². The molecule has 96 valence electrons. The number of nitrogens with zero attached hydrogens (tertiary/aromatic N) is 2. The first-order chi connectivity index (χ1) is 8.79. The van der Waals surface area contributed by atoms with E-state index in [1.807, 2.05) is 36.7 Å². The Morgan fingerprint density at radius 3 is 3.06 bits per heavy atom. The highest BCUT2D eigenvalue weighted by Gasteiger charge is 2.01. The van der Waals surface area contributed by atoms with E-state index in [0.29, 0.717) is 6.61 Å². The summed E-state index contributed by atoms with van der Waals surface area (Å²) < 4.78 is 8.91. The van der Waals surface area contributed by atoms with Crippen molar-refractivity contribution in [2.45, 2.75) is 26.3 Å². The van der Waals surface area contributed by atoms with E-state index in [1.54, 1.807) is 0 Å². The summed E-state index contributed by atoms with van der Waals surface area (Å²) in [5.74, 6) is 2.02. The van der Waals surface area contributed by atoms with Gasteiger partial charge in [-0.15, -0.1) is 0 Å². The van der Waals surface area contributed by atoms with E-state index in [2.05, 4.69) is 32.4 Å². The van der Waals surface area contributed by atoms with Gasteiger partial charge in [-0.1, -0.05) is 28.9 Å². The van der Waals surface area contributed by atoms with Crippen LogP contribution in [0.3, 0.4) is 0 Å². The van der Waals surface area contributed by atoms with E-state index in [4.69, 9.17) is 4.74 Å². The molecule has 0 amide bonds. The molecule has 2 aromatic rings. The molecule has 0 aliphatic heterocycles. The maximum Gasteiger partial charge on any atom is 0.120 e. The van der Waals surface area contributed by atoms with Crippen LogP contribution in [0.4, 0.5) is 0 Å². The summed E-state index contributed by atoms with van der Waals surface area (Å²) in [6.07, 6.45) is 5.99. The largest absolute Gasteiger partial charge is 0.492 e. The van der Waals surface area contributed by atoms with Crippen molar-refractivity contribution in [3.05, 3.63) is 47.0 Å². The number of ether oxygens (including phenoxy) is 1. The topological polar surface area (TPSA) is 27.1 Å². The second kappa shape index (κ2) is 6.59. The molecule has 2 rings (SSSR count). The Labute approximate surface area is 116 Å². The fraction of sp³-hybridized carbons (Fsp3) is 0.357. The highest BCUT2D eigenvalue weighted by molar-refractivity contribution is 9.10. The van der Waals surface area contributed by atoms with Crippen molar-refractivity contribution >= 4 is 15.9 Å². The summed E-state index contributed by atoms with van der Waals surface area (Å²) in [6, 6.07) is 7.90. The molecule has 3 nitrogen and oxygen atoms in total. The van der Waals surface area contributed by atoms with Gasteiger partial charge in [0.2, 0.25) is 0 Å². The average molecular weight is 309 g/mol. The molecule has 0 spiro atoms. The van der Waals surface area contributed by atoms with Crippen LogP contribution in [0, 0.1) is 0 Å². The molecule has 1 aromatic heterocycles. The molecule has 1 aromatic carbocycles. The second-order valence-corrected chi connectivity index (χ2v) is 5.01. The predicted octanol–water partition coefficient (Wildman–Crippen LogP) is 3.68. The summed E-state index contributed by atoms with van der Waals surface area (Å²) in [4.78, 5) is 4.35. The number of benzene rings is 1. The zero-order valence-electron chi connectivity index (χ0n) is 10.5. The monoisotopic (exact) mass is 308 g/mol. The summed E-state index contributed by atoms with van der Waals surface area (Å²) >= 11 is 3.43. The number of halogens is 1. The summed E-state index contributed by atoms with van der Waals surface area (Å²) in [5, 5.41) is 0. The van der Waals surface area contributed by atoms with Gasteiger partial charge in [0.1, 0.15) is 18.2 Å². The average Bonchev–Trinajstić information content (AvgIpc) is 2.78. The molecule has 1 heterocycles. The molecule has 0 aliphatic carbocycles. The molecular weight excluding hydrogens is 292 g/mol. The van der Waals surface area contributed by atoms with Gasteiger partial charge in [-0.2, -0.15) is 0 Å². The summed E-state index contributed by atoms with van der Waals surface area (Å²) in [6.45, 7) is 3.66. The van der Waals surface area contributed by atoms with E-state index in [0.717, 1.165) is 35.4 Å². The van der Waals surface area contributed by atoms with Crippen molar-refractivity contribution in [3.63, 3.8) is 0 Å². The maximum absolute atomic E-state index is 5.71. The molecule has 18 heavy (non-hydrogen) atoms. The van der Waals surface area contributed by atoms with Gasteiger partial charge < -0.3 is 9.30 Å². The van der Waals surface area contributed by atoms with Crippen LogP contribution >= 0.6 is 15.9 Å². The highest BCUT2D eigenvalue weighted by atomic mass is 79.9. The van der Waals surface area contributed by atoms with Gasteiger partial charge in [0.15, 0.2) is 0 Å². The van der Waals surface area contributed by atoms with E-state index in [-0.39, 0.29) is 0 Å². The molecule has 0 N–H and O–H groups in total. The Bertz CT molecular complexity index is 496. The SMILES string of the molecule is CCCc1nccn1CCOc1cccc(Br)c1. The normalized spacial score (nSPS) is 10.6. The Balaban J connectivity index is 1.86. The Kier molecular flexibility index (Phi) is 4.81. The fourth-order valence-corrected chi connectivity index (χ4v) is 2.19. The first-order valence-electron chi connectivity index (χ1n) is 6.18. The molecular formula is C14H17BrN2O. The number of aryl methyl sites for hydroxylation is 1. The highest BCUT2D eigenvalue weighted by Crippen LogP contribution is 2.17. The first-order valence-corrected chi connectivity index (χ1v) is 6.97. The minimum atomic E-state index is 0.656. The van der Waals surface area contributed by atoms with Crippen molar-refractivity contribution in [3.8, 4) is 5.75 Å². The minimum Gasteiger partial charge on any atom is -0.492 e. The van der Waals surface area contributed by atoms with Crippen molar-refractivity contribution in [2.75, 3.05) is 6.61 Å². The molecule has 0 atom stereocenters. The second-order valence-electron chi connectivity index (χ2n) is 4.09. The van der Waals surface area contributed by atoms with Crippen LogP contribution < -0.4 is 4.74 Å². The first kappa shape index (κ1) is 13.1. The van der Waals surface area contributed by atoms with Crippen LogP contribution in [0.15, 0.2) is 41.1 Å². The predicted molar refractivity (Wildman–Crippen MR) is 75.9 cm³/mol. The Morgan fingerprint density at radius 2 is 2.28 bits per heavy atom. The van der Waals surface area contributed by atoms with Crippen LogP contribution in [0.2, 0.25) is 0 Å². The minimum absolute atomic E-state index is 0.656. The van der Waals surface area contributed by atoms with Crippen molar-refractivity contribution < 1.29 is 4.74 Å². The van der Waals surface area contributed by atoms with Gasteiger partial charge in [0.05, 0.1) is 6.54 Å². The van der Waals surface area contributed by atoms with Gasteiger partial charge in [-0.25, -0.2) is 4.98 Å². The zero-order chi connectivity index (χ0) is 12.8. The molecule has 0 bridgehead atoms. The van der Waals surface area contributed by atoms with Gasteiger partial charge >= 0.3 is 0 Å². The Morgan fingerprint density at radius 1 is 1.39 bits per heavy atom. The van der Waals surface area contributed by atoms with Gasteiger partial charge in [-0.3, -0.25) is 0 Å². The van der Waals surface area contributed by atoms with Crippen molar-refractivity contribution in [1.29, 1.82) is 0 Å². The van der Waals surface area contributed by atoms with Crippen LogP contribution in [0.25, 0.3) is 0 Å². The number of aromatic nitrogens is 2. The van der Waals surface area contributed by atoms with E-state index >= 15 is 0 Å². The molecule has 0 aliphatic rings. The molecule has 0 unspecified atom stereocenters. The van der Waals surface area contributed by atoms with Crippen LogP contribution in [0.5, 0.6) is 5.75 Å². The molecule has 0 saturated heterocycles. The lowest BCUT2D eigenvalue weighted by atomic mass is 10.3. The lowest BCUT2D eigenvalue weighted by Gasteiger charge is -2.09. The van der Waals surface area contributed by atoms with Crippen LogP contribution in [-0.2, 0) is 13.0 Å². The standard InChI is InChI=1S/C14H17BrN2O/c1-2-4-14-16-7-8-17(14)9-10-18-13-6-3-5-12(15)11-13/h3,5-8,11H,2,4,9-10H2,1H3. The lowest BCUT2D eigenvalue weighted by molar-refractivity contribution is 0.296. The van der Waals surface area contributed by atoms with Crippen LogP contribution in [-0.4, -0.2) is 16.2 Å². The van der Waals surface area contributed by atoms with Crippen molar-refractivity contribution in [2.24, 2.45) is 0 Å². The quantitative estimate of drug-likeness (QED) is 0.814. The third-order valence-corrected chi connectivity index (χ3v) is 3.17. The van der Waals surface area contributed by atoms with Crippen molar-refractivity contribution in [1.82, 2.24) is 9.55 Å². The van der Waals surface area contributed by atoms with Gasteiger partial charge in [0.25, 0.3) is 0 Å². The molecule has 4 heteroatoms. The van der Waals surface area contributed by atoms with Gasteiger partial charge in [0, 0.05) is 23.3 Å². The van der Waals surface area contributed by atoms with Crippen LogP contribution in [0.1, 0.15) is 19.2 Å². The molecule has 0 saturated carbocycles. The molecule has 0 fully saturated rings. The zero-order valence-corrected chi connectivity index (χ0v) is 12.1. The van der Waals surface area contributed by atoms with E-state index in [1.165, 1.54) is 0 Å². The Hall–Kier alpha value is -1.29. The fourth-order valence-electron chi connectivity index (χ4n) is 1.81. The smallest absolute Gasteiger partial charge is 0.120 e. The summed E-state index contributed by atoms with van der Waals surface area (Å²) in [5.41, 5.74) is 0. The third kappa shape index (κ3) is 3.60. The lowest BCUT2D eigenvalue weighted by Crippen LogP contribution is -2.10. The summed E-state index contributed by atoms with van der Waals surface area (Å²) in [7, 11) is 0. The van der Waals surface area contributed by atoms with E-state index in [9.17, 15) is 0 Å². The maximum atomic E-state index is 5.71.